The molecule has 1 saturated heterocycles. The van der Waals surface area contributed by atoms with Crippen molar-refractivity contribution in [2.24, 2.45) is 0 Å². The van der Waals surface area contributed by atoms with E-state index in [0.29, 0.717) is 16.8 Å². The van der Waals surface area contributed by atoms with E-state index in [2.05, 4.69) is 4.98 Å². The first-order chi connectivity index (χ1) is 13.3. The maximum atomic E-state index is 14.9. The largest absolute Gasteiger partial charge is 0.387 e. The zero-order valence-electron chi connectivity index (χ0n) is 17.4. The highest BCUT2D eigenvalue weighted by Gasteiger charge is 2.49. The summed E-state index contributed by atoms with van der Waals surface area (Å²) in [6, 6.07) is 1.54. The Morgan fingerprint density at radius 2 is 2.03 bits per heavy atom. The molecule has 1 fully saturated rings. The number of hydrogen-bond acceptors (Lipinski definition) is 6. The second kappa shape index (κ2) is 8.96. The highest BCUT2D eigenvalue weighted by molar-refractivity contribution is 7.53. The first-order valence-electron chi connectivity index (χ1n) is 9.74. The molecule has 1 aromatic rings. The molecule has 0 aromatic carbocycles. The van der Waals surface area contributed by atoms with Gasteiger partial charge in [0, 0.05) is 23.2 Å². The molecule has 0 radical (unpaired) electrons. The smallest absolute Gasteiger partial charge is 0.356 e. The molecule has 0 amide bonds. The third-order valence-corrected chi connectivity index (χ3v) is 7.38. The predicted octanol–water partition coefficient (Wildman–Crippen LogP) is 2.62. The van der Waals surface area contributed by atoms with E-state index in [1.54, 1.807) is 34.6 Å². The second-order valence-electron chi connectivity index (χ2n) is 7.94. The van der Waals surface area contributed by atoms with Crippen LogP contribution >= 0.6 is 7.60 Å². The van der Waals surface area contributed by atoms with Crippen molar-refractivity contribution in [1.29, 1.82) is 0 Å². The highest BCUT2D eigenvalue weighted by atomic mass is 31.2. The topological polar surface area (TPSA) is 129 Å². The molecule has 1 aliphatic heterocycles. The van der Waals surface area contributed by atoms with Gasteiger partial charge in [-0.3, -0.25) is 9.36 Å². The van der Waals surface area contributed by atoms with Gasteiger partial charge in [-0.05, 0) is 39.7 Å². The van der Waals surface area contributed by atoms with Gasteiger partial charge in [0.2, 0.25) is 0 Å². The third-order valence-electron chi connectivity index (χ3n) is 5.56. The molecule has 2 rings (SSSR count). The highest BCUT2D eigenvalue weighted by Crippen LogP contribution is 2.53. The number of aliphatic hydroxyl groups is 2. The summed E-state index contributed by atoms with van der Waals surface area (Å²) in [5, 5.41) is 20.2. The summed E-state index contributed by atoms with van der Waals surface area (Å²) in [4.78, 5) is 24.4. The average Bonchev–Trinajstić information content (AvgIpc) is 2.91. The number of aryl methyl sites for hydroxylation is 2. The maximum Gasteiger partial charge on any atom is 0.356 e. The molecule has 166 valence electrons. The van der Waals surface area contributed by atoms with Crippen molar-refractivity contribution < 1.29 is 33.3 Å². The van der Waals surface area contributed by atoms with Crippen LogP contribution in [0.25, 0.3) is 0 Å². The number of H-pyrrole nitrogens is 1. The Balaban J connectivity index is 2.24. The number of aromatic nitrogens is 1. The lowest BCUT2D eigenvalue weighted by Crippen LogP contribution is -2.38. The number of halogens is 1. The molecule has 4 N–H and O–H groups in total. The summed E-state index contributed by atoms with van der Waals surface area (Å²) in [5.41, 5.74) is -0.227. The van der Waals surface area contributed by atoms with Crippen molar-refractivity contribution in [3.63, 3.8) is 0 Å². The average molecular weight is 435 g/mol. The fourth-order valence-electron chi connectivity index (χ4n) is 3.46. The molecule has 4 unspecified atom stereocenters. The quantitative estimate of drug-likeness (QED) is 0.462. The number of ether oxygens (including phenoxy) is 1. The minimum Gasteiger partial charge on any atom is -0.387 e. The fourth-order valence-corrected chi connectivity index (χ4v) is 4.88. The van der Waals surface area contributed by atoms with Gasteiger partial charge >= 0.3 is 7.60 Å². The number of aliphatic hydroxyl groups excluding tert-OH is 2. The Morgan fingerprint density at radius 3 is 2.59 bits per heavy atom. The van der Waals surface area contributed by atoms with E-state index in [1.807, 2.05) is 0 Å². The molecule has 8 nitrogen and oxygen atoms in total. The Morgan fingerprint density at radius 1 is 1.41 bits per heavy atom. The van der Waals surface area contributed by atoms with Crippen molar-refractivity contribution in [2.75, 3.05) is 0 Å². The predicted molar refractivity (Wildman–Crippen MR) is 106 cm³/mol. The third kappa shape index (κ3) is 5.16. The Labute approximate surface area is 169 Å². The summed E-state index contributed by atoms with van der Waals surface area (Å²) in [7, 11) is -4.32. The van der Waals surface area contributed by atoms with Crippen molar-refractivity contribution in [2.45, 2.75) is 89.8 Å². The molecule has 1 aromatic heterocycles. The van der Waals surface area contributed by atoms with Gasteiger partial charge in [-0.15, -0.1) is 0 Å². The SMILES string of the molecule is CCC(O)P(=O)(O)OC(C)(CC)C[C@H]1O[C@@H](c2cc(C)c(=O)[nH]c2C)[C@@H](F)C1O. The Bertz CT molecular complexity index is 831. The molecule has 0 bridgehead atoms. The van der Waals surface area contributed by atoms with E-state index in [0.717, 1.165) is 0 Å². The zero-order valence-corrected chi connectivity index (χ0v) is 18.3. The second-order valence-corrected chi connectivity index (χ2v) is 9.85. The van der Waals surface area contributed by atoms with E-state index in [-0.39, 0.29) is 24.8 Å². The monoisotopic (exact) mass is 435 g/mol. The molecular formula is C19H31FNO7P. The van der Waals surface area contributed by atoms with E-state index in [1.165, 1.54) is 6.07 Å². The first kappa shape index (κ1) is 24.2. The summed E-state index contributed by atoms with van der Waals surface area (Å²) < 4.78 is 38.3. The van der Waals surface area contributed by atoms with Crippen LogP contribution in [0.5, 0.6) is 0 Å². The number of pyridine rings is 1. The Kier molecular flexibility index (Phi) is 7.47. The normalized spacial score (nSPS) is 30.0. The van der Waals surface area contributed by atoms with Crippen LogP contribution < -0.4 is 5.56 Å². The number of alkyl halides is 1. The lowest BCUT2D eigenvalue weighted by Gasteiger charge is -2.34. The van der Waals surface area contributed by atoms with Gasteiger partial charge < -0.3 is 29.4 Å². The van der Waals surface area contributed by atoms with Crippen molar-refractivity contribution in [1.82, 2.24) is 4.98 Å². The van der Waals surface area contributed by atoms with Crippen LogP contribution in [0.15, 0.2) is 10.9 Å². The van der Waals surface area contributed by atoms with Crippen LogP contribution in [-0.2, 0) is 13.8 Å². The van der Waals surface area contributed by atoms with Crippen LogP contribution in [-0.4, -0.2) is 49.9 Å². The fraction of sp³-hybridized carbons (Fsp3) is 0.737. The molecule has 10 heteroatoms. The van der Waals surface area contributed by atoms with Crippen LogP contribution in [0.2, 0.25) is 0 Å². The van der Waals surface area contributed by atoms with Gasteiger partial charge in [0.1, 0.15) is 12.2 Å². The molecule has 2 heterocycles. The van der Waals surface area contributed by atoms with E-state index in [9.17, 15) is 28.9 Å². The van der Waals surface area contributed by atoms with Gasteiger partial charge in [-0.25, -0.2) is 4.39 Å². The lowest BCUT2D eigenvalue weighted by molar-refractivity contribution is -0.0495. The number of nitrogens with one attached hydrogen (secondary N) is 1. The molecule has 29 heavy (non-hydrogen) atoms. The molecule has 7 atom stereocenters. The number of aromatic amines is 1. The van der Waals surface area contributed by atoms with E-state index >= 15 is 0 Å². The molecular weight excluding hydrogens is 404 g/mol. The van der Waals surface area contributed by atoms with Gasteiger partial charge in [-0.2, -0.15) is 0 Å². The van der Waals surface area contributed by atoms with Gasteiger partial charge in [0.15, 0.2) is 12.0 Å². The van der Waals surface area contributed by atoms with Crippen LogP contribution in [0.1, 0.15) is 63.0 Å². The van der Waals surface area contributed by atoms with Crippen molar-refractivity contribution in [3.05, 3.63) is 33.2 Å². The molecule has 1 aliphatic rings. The van der Waals surface area contributed by atoms with E-state index < -0.39 is 43.5 Å². The lowest BCUT2D eigenvalue weighted by atomic mass is 9.92. The van der Waals surface area contributed by atoms with Crippen LogP contribution in [0, 0.1) is 13.8 Å². The maximum absolute atomic E-state index is 14.9. The van der Waals surface area contributed by atoms with Crippen molar-refractivity contribution in [3.8, 4) is 0 Å². The number of rotatable bonds is 8. The van der Waals surface area contributed by atoms with Gasteiger partial charge in [0.05, 0.1) is 11.7 Å². The summed E-state index contributed by atoms with van der Waals surface area (Å²) in [5.74, 6) is -1.53. The molecule has 0 spiro atoms. The minimum atomic E-state index is -4.32. The van der Waals surface area contributed by atoms with E-state index in [4.69, 9.17) is 9.26 Å². The summed E-state index contributed by atoms with van der Waals surface area (Å²) in [6.45, 7) is 8.05. The number of hydrogen-bond donors (Lipinski definition) is 4. The molecule has 0 aliphatic carbocycles. The van der Waals surface area contributed by atoms with Gasteiger partial charge in [0.25, 0.3) is 5.56 Å². The van der Waals surface area contributed by atoms with Crippen LogP contribution in [0.4, 0.5) is 4.39 Å². The van der Waals surface area contributed by atoms with Gasteiger partial charge in [-0.1, -0.05) is 13.8 Å². The minimum absolute atomic E-state index is 0.0373. The Hall–Kier alpha value is -1.09. The zero-order chi connectivity index (χ0) is 22.1. The van der Waals surface area contributed by atoms with Crippen LogP contribution in [0.3, 0.4) is 0 Å². The first-order valence-corrected chi connectivity index (χ1v) is 11.4. The standard InChI is InChI=1S/C19H31FNO7P/c1-6-14(22)29(25,26)28-19(5,7-2)9-13-16(23)15(20)17(27-13)12-8-10(3)18(24)21-11(12)4/h8,13-17,22-23H,6-7,9H2,1-5H3,(H,21,24)(H,25,26)/t13-,14?,15+,16?,17+,19?/m1/s1. The summed E-state index contributed by atoms with van der Waals surface area (Å²) >= 11 is 0. The summed E-state index contributed by atoms with van der Waals surface area (Å²) in [6.07, 6.45) is -5.04. The van der Waals surface area contributed by atoms with Crippen molar-refractivity contribution >= 4 is 7.60 Å². The molecule has 0 saturated carbocycles.